The molecule has 0 aromatic heterocycles. The molecule has 3 aromatic rings. The summed E-state index contributed by atoms with van der Waals surface area (Å²) in [6.07, 6.45) is 0.220. The van der Waals surface area contributed by atoms with Crippen LogP contribution in [0.15, 0.2) is 83.8 Å². The number of hydrogen-bond donors (Lipinski definition) is 1. The zero-order valence-corrected chi connectivity index (χ0v) is 23.1. The Labute approximate surface area is 234 Å². The first-order valence-corrected chi connectivity index (χ1v) is 14.3. The van der Waals surface area contributed by atoms with Crippen molar-refractivity contribution in [1.29, 1.82) is 0 Å². The molecule has 1 saturated heterocycles. The van der Waals surface area contributed by atoms with Crippen molar-refractivity contribution in [2.24, 2.45) is 0 Å². The number of carbonyl (C=O) groups excluding carboxylic acids is 1. The fourth-order valence-electron chi connectivity index (χ4n) is 5.19. The van der Waals surface area contributed by atoms with Crippen LogP contribution in [0, 0.1) is 0 Å². The number of carbonyl (C=O) groups is 1. The van der Waals surface area contributed by atoms with Crippen LogP contribution in [-0.4, -0.2) is 73.3 Å². The molecule has 8 heteroatoms. The highest BCUT2D eigenvalue weighted by Crippen LogP contribution is 2.47. The van der Waals surface area contributed by atoms with E-state index >= 15 is 0 Å². The molecule has 0 aliphatic carbocycles. The Morgan fingerprint density at radius 1 is 1.03 bits per heavy atom. The zero-order chi connectivity index (χ0) is 27.1. The predicted octanol–water partition coefficient (Wildman–Crippen LogP) is 4.63. The highest BCUT2D eigenvalue weighted by Gasteiger charge is 2.49. The van der Waals surface area contributed by atoms with Crippen LogP contribution < -0.4 is 14.4 Å². The Morgan fingerprint density at radius 2 is 1.74 bits per heavy atom. The third-order valence-corrected chi connectivity index (χ3v) is 8.98. The zero-order valence-electron chi connectivity index (χ0n) is 22.3. The van der Waals surface area contributed by atoms with Crippen LogP contribution in [0.4, 0.5) is 5.69 Å². The maximum Gasteiger partial charge on any atom is 0.325 e. The molecular weight excluding hydrogens is 512 g/mol. The largest absolute Gasteiger partial charge is 0.490 e. The summed E-state index contributed by atoms with van der Waals surface area (Å²) in [5, 5.41) is 11.2. The summed E-state index contributed by atoms with van der Waals surface area (Å²) in [7, 11) is 1.38. The number of para-hydroxylation sites is 1. The Morgan fingerprint density at radius 3 is 2.46 bits per heavy atom. The highest BCUT2D eigenvalue weighted by molar-refractivity contribution is 8.01. The van der Waals surface area contributed by atoms with Crippen molar-refractivity contribution in [2.45, 2.75) is 35.2 Å². The molecule has 1 fully saturated rings. The van der Waals surface area contributed by atoms with Crippen molar-refractivity contribution in [3.63, 3.8) is 0 Å². The second-order valence-corrected chi connectivity index (χ2v) is 11.3. The van der Waals surface area contributed by atoms with Gasteiger partial charge in [0.25, 0.3) is 0 Å². The molecule has 0 spiro atoms. The van der Waals surface area contributed by atoms with Gasteiger partial charge in [0.05, 0.1) is 12.0 Å². The summed E-state index contributed by atoms with van der Waals surface area (Å²) in [5.41, 5.74) is 2.32. The van der Waals surface area contributed by atoms with Crippen molar-refractivity contribution in [1.82, 2.24) is 4.90 Å². The number of hydrogen-bond acceptors (Lipinski definition) is 8. The molecule has 3 aromatic carbocycles. The molecule has 5 rings (SSSR count). The first-order valence-electron chi connectivity index (χ1n) is 13.5. The van der Waals surface area contributed by atoms with Crippen LogP contribution in [0.5, 0.6) is 11.5 Å². The molecule has 0 bridgehead atoms. The molecule has 2 aliphatic heterocycles. The van der Waals surface area contributed by atoms with Gasteiger partial charge in [0.1, 0.15) is 35.6 Å². The molecule has 0 radical (unpaired) electrons. The predicted molar refractivity (Wildman–Crippen MR) is 154 cm³/mol. The van der Waals surface area contributed by atoms with Crippen molar-refractivity contribution < 1.29 is 24.1 Å². The van der Waals surface area contributed by atoms with E-state index in [1.165, 1.54) is 24.6 Å². The van der Waals surface area contributed by atoms with E-state index in [9.17, 15) is 9.90 Å². The summed E-state index contributed by atoms with van der Waals surface area (Å²) in [4.78, 5) is 18.8. The SMILES string of the molecule is COC(=O)C1(CCCN2CCN(c3ccccc3)CC2)Sc2cc(OCc3ccccc3)ccc2OCC1O. The second kappa shape index (κ2) is 12.8. The van der Waals surface area contributed by atoms with Crippen LogP contribution in [0.1, 0.15) is 18.4 Å². The lowest BCUT2D eigenvalue weighted by atomic mass is 9.95. The fourth-order valence-corrected chi connectivity index (χ4v) is 6.60. The third kappa shape index (κ3) is 6.52. The summed E-state index contributed by atoms with van der Waals surface area (Å²) in [6.45, 7) is 5.17. The molecule has 2 aliphatic rings. The Hall–Kier alpha value is -3.20. The average molecular weight is 549 g/mol. The number of aliphatic hydroxyl groups is 1. The van der Waals surface area contributed by atoms with Crippen LogP contribution in [-0.2, 0) is 16.1 Å². The quantitative estimate of drug-likeness (QED) is 0.389. The van der Waals surface area contributed by atoms with Crippen molar-refractivity contribution >= 4 is 23.4 Å². The lowest BCUT2D eigenvalue weighted by molar-refractivity contribution is -0.147. The number of piperazine rings is 1. The summed E-state index contributed by atoms with van der Waals surface area (Å²) in [5.74, 6) is 0.884. The topological polar surface area (TPSA) is 71.5 Å². The van der Waals surface area contributed by atoms with Crippen molar-refractivity contribution in [2.75, 3.05) is 51.3 Å². The number of rotatable bonds is 9. The number of benzene rings is 3. The van der Waals surface area contributed by atoms with E-state index in [1.54, 1.807) is 0 Å². The van der Waals surface area contributed by atoms with Gasteiger partial charge in [-0.1, -0.05) is 48.5 Å². The average Bonchev–Trinajstić information content (AvgIpc) is 3.13. The third-order valence-electron chi connectivity index (χ3n) is 7.44. The van der Waals surface area contributed by atoms with Crippen LogP contribution in [0.2, 0.25) is 0 Å². The highest BCUT2D eigenvalue weighted by atomic mass is 32.2. The van der Waals surface area contributed by atoms with E-state index in [4.69, 9.17) is 14.2 Å². The number of aliphatic hydroxyl groups excluding tert-OH is 1. The van der Waals surface area contributed by atoms with Gasteiger partial charge in [0.15, 0.2) is 0 Å². The fraction of sp³-hybridized carbons (Fsp3) is 0.387. The van der Waals surface area contributed by atoms with E-state index in [2.05, 4.69) is 34.1 Å². The van der Waals surface area contributed by atoms with Gasteiger partial charge in [-0.3, -0.25) is 9.69 Å². The molecule has 1 N–H and O–H groups in total. The van der Waals surface area contributed by atoms with Gasteiger partial charge in [-0.25, -0.2) is 0 Å². The molecular formula is C31H36N2O5S. The minimum absolute atomic E-state index is 0.0229. The standard InChI is InChI=1S/C31H36N2O5S/c1-36-30(35)31(15-8-16-32-17-19-33(20-18-32)25-11-6-3-7-12-25)29(34)23-38-27-14-13-26(21-28(27)39-31)37-22-24-9-4-2-5-10-24/h2-7,9-14,21,29,34H,8,15-20,22-23H2,1H3. The maximum atomic E-state index is 13.2. The number of anilines is 1. The molecule has 206 valence electrons. The van der Waals surface area contributed by atoms with Gasteiger partial charge in [0.2, 0.25) is 0 Å². The minimum Gasteiger partial charge on any atom is -0.490 e. The lowest BCUT2D eigenvalue weighted by Crippen LogP contribution is -2.50. The van der Waals surface area contributed by atoms with Gasteiger partial charge in [-0.05, 0) is 55.3 Å². The van der Waals surface area contributed by atoms with Crippen molar-refractivity contribution in [3.8, 4) is 11.5 Å². The van der Waals surface area contributed by atoms with Crippen LogP contribution in [0.3, 0.4) is 0 Å². The first-order chi connectivity index (χ1) is 19.1. The van der Waals surface area contributed by atoms with Crippen LogP contribution in [0.25, 0.3) is 0 Å². The number of nitrogens with zero attached hydrogens (tertiary/aromatic N) is 2. The van der Waals surface area contributed by atoms with Gasteiger partial charge in [-0.2, -0.15) is 0 Å². The van der Waals surface area contributed by atoms with E-state index in [-0.39, 0.29) is 6.61 Å². The molecule has 39 heavy (non-hydrogen) atoms. The summed E-state index contributed by atoms with van der Waals surface area (Å²) >= 11 is 1.33. The van der Waals surface area contributed by atoms with Gasteiger partial charge in [0, 0.05) is 31.9 Å². The maximum absolute atomic E-state index is 13.2. The van der Waals surface area contributed by atoms with Gasteiger partial charge in [-0.15, -0.1) is 11.8 Å². The molecule has 2 heterocycles. The lowest BCUT2D eigenvalue weighted by Gasteiger charge is -2.37. The molecule has 7 nitrogen and oxygen atoms in total. The van der Waals surface area contributed by atoms with Gasteiger partial charge >= 0.3 is 5.97 Å². The second-order valence-electron chi connectivity index (χ2n) is 9.96. The summed E-state index contributed by atoms with van der Waals surface area (Å²) < 4.78 is 16.0. The normalized spacial score (nSPS) is 21.4. The monoisotopic (exact) mass is 548 g/mol. The van der Waals surface area contributed by atoms with Crippen molar-refractivity contribution in [3.05, 3.63) is 84.4 Å². The van der Waals surface area contributed by atoms with E-state index in [0.717, 1.165) is 49.6 Å². The Bertz CT molecular complexity index is 1220. The first kappa shape index (κ1) is 27.4. The number of ether oxygens (including phenoxy) is 3. The van der Waals surface area contributed by atoms with E-state index in [1.807, 2.05) is 54.6 Å². The molecule has 2 atom stereocenters. The molecule has 0 amide bonds. The Kier molecular flexibility index (Phi) is 8.96. The number of esters is 1. The number of thioether (sulfide) groups is 1. The summed E-state index contributed by atoms with van der Waals surface area (Å²) in [6, 6.07) is 26.0. The molecule has 0 saturated carbocycles. The Balaban J connectivity index is 1.24. The molecule has 2 unspecified atom stereocenters. The smallest absolute Gasteiger partial charge is 0.325 e. The number of methoxy groups -OCH3 is 1. The van der Waals surface area contributed by atoms with Crippen LogP contribution >= 0.6 is 11.8 Å². The van der Waals surface area contributed by atoms with Gasteiger partial charge < -0.3 is 24.2 Å². The minimum atomic E-state index is -1.16. The number of fused-ring (bicyclic) bond motifs is 1. The van der Waals surface area contributed by atoms with E-state index < -0.39 is 16.8 Å². The van der Waals surface area contributed by atoms with E-state index in [0.29, 0.717) is 24.5 Å².